The molecule has 2 unspecified atom stereocenters. The molecular weight excluding hydrogens is 302 g/mol. The van der Waals surface area contributed by atoms with E-state index in [4.69, 9.17) is 0 Å². The number of carbonyl (C=O) groups excluding carboxylic acids is 1. The van der Waals surface area contributed by atoms with Crippen molar-refractivity contribution in [3.63, 3.8) is 0 Å². The predicted octanol–water partition coefficient (Wildman–Crippen LogP) is 0.563. The van der Waals surface area contributed by atoms with E-state index in [-0.39, 0.29) is 5.91 Å². The lowest BCUT2D eigenvalue weighted by Crippen LogP contribution is -2.51. The van der Waals surface area contributed by atoms with Gasteiger partial charge in [0.15, 0.2) is 6.10 Å². The lowest BCUT2D eigenvalue weighted by atomic mass is 10.2. The van der Waals surface area contributed by atoms with Crippen LogP contribution < -0.4 is 0 Å². The summed E-state index contributed by atoms with van der Waals surface area (Å²) in [6.45, 7) is 4.21. The molecule has 2 fully saturated rings. The summed E-state index contributed by atoms with van der Waals surface area (Å²) in [7, 11) is 0. The zero-order chi connectivity index (χ0) is 10.3. The number of nitrogens with zero attached hydrogens (tertiary/aromatic N) is 2. The molecule has 80 valence electrons. The molecule has 2 aliphatic heterocycles. The van der Waals surface area contributed by atoms with Crippen LogP contribution in [0.4, 0.5) is 4.39 Å². The Morgan fingerprint density at radius 3 is 2.71 bits per heavy atom. The first-order valence-corrected chi connectivity index (χ1v) is 5.57. The number of alkyl halides is 1. The molecule has 1 amide bonds. The first-order chi connectivity index (χ1) is 6.59. The van der Waals surface area contributed by atoms with Crippen molar-refractivity contribution < 1.29 is 13.9 Å². The van der Waals surface area contributed by atoms with Crippen molar-refractivity contribution in [2.24, 2.45) is 0 Å². The number of amides is 1. The third-order valence-electron chi connectivity index (χ3n) is 2.54. The summed E-state index contributed by atoms with van der Waals surface area (Å²) in [5.74, 6) is -0.200. The molecule has 0 aromatic rings. The Bertz CT molecular complexity index is 253. The van der Waals surface area contributed by atoms with Crippen molar-refractivity contribution in [1.82, 2.24) is 8.01 Å². The zero-order valence-electron chi connectivity index (χ0n) is 7.82. The molecule has 0 radical (unpaired) electrons. The Morgan fingerprint density at radius 2 is 2.21 bits per heavy atom. The molecule has 0 aliphatic carbocycles. The number of rotatable bonds is 1. The summed E-state index contributed by atoms with van der Waals surface area (Å²) in [6.07, 6.45) is -2.18. The first-order valence-electron chi connectivity index (χ1n) is 4.60. The molecule has 2 saturated heterocycles. The number of ether oxygens (including phenoxy) is 1. The molecule has 6 heteroatoms. The Hall–Kier alpha value is 0.0500. The monoisotopic (exact) mass is 314 g/mol. The van der Waals surface area contributed by atoms with Crippen molar-refractivity contribution in [1.29, 1.82) is 0 Å². The Balaban J connectivity index is 1.90. The molecule has 0 bridgehead atoms. The average Bonchev–Trinajstić information content (AvgIpc) is 2.86. The SMILES string of the molecule is C[C@H]1CN(C(=O)C2OC2F)CCN1I. The van der Waals surface area contributed by atoms with E-state index in [0.717, 1.165) is 6.54 Å². The van der Waals surface area contributed by atoms with Gasteiger partial charge in [-0.05, 0) is 6.92 Å². The van der Waals surface area contributed by atoms with E-state index in [0.29, 0.717) is 19.1 Å². The van der Waals surface area contributed by atoms with Crippen LogP contribution in [0.15, 0.2) is 0 Å². The Morgan fingerprint density at radius 1 is 1.57 bits per heavy atom. The highest BCUT2D eigenvalue weighted by atomic mass is 127. The molecule has 0 aromatic carbocycles. The fourth-order valence-electron chi connectivity index (χ4n) is 1.58. The summed E-state index contributed by atoms with van der Waals surface area (Å²) in [4.78, 5) is 13.2. The van der Waals surface area contributed by atoms with E-state index < -0.39 is 12.5 Å². The van der Waals surface area contributed by atoms with Crippen molar-refractivity contribution in [3.8, 4) is 0 Å². The highest BCUT2D eigenvalue weighted by molar-refractivity contribution is 14.1. The Labute approximate surface area is 95.9 Å². The van der Waals surface area contributed by atoms with Gasteiger partial charge in [0.2, 0.25) is 6.36 Å². The van der Waals surface area contributed by atoms with Gasteiger partial charge in [-0.2, -0.15) is 0 Å². The summed E-state index contributed by atoms with van der Waals surface area (Å²) in [6, 6.07) is 0.324. The third-order valence-corrected chi connectivity index (χ3v) is 3.97. The first kappa shape index (κ1) is 10.6. The molecule has 0 aromatic heterocycles. The number of piperazine rings is 1. The Kier molecular flexibility index (Phi) is 2.94. The molecule has 0 spiro atoms. The van der Waals surface area contributed by atoms with Gasteiger partial charge in [-0.15, -0.1) is 0 Å². The van der Waals surface area contributed by atoms with Gasteiger partial charge in [0.25, 0.3) is 5.91 Å². The maximum atomic E-state index is 12.5. The topological polar surface area (TPSA) is 36.1 Å². The normalized spacial score (nSPS) is 38.5. The third kappa shape index (κ3) is 2.01. The van der Waals surface area contributed by atoms with E-state index in [1.807, 2.05) is 6.92 Å². The maximum absolute atomic E-state index is 12.5. The van der Waals surface area contributed by atoms with E-state index >= 15 is 0 Å². The average molecular weight is 314 g/mol. The largest absolute Gasteiger partial charge is 0.337 e. The second kappa shape index (κ2) is 3.90. The second-order valence-electron chi connectivity index (χ2n) is 3.66. The summed E-state index contributed by atoms with van der Waals surface area (Å²) >= 11 is 2.24. The van der Waals surface area contributed by atoms with Gasteiger partial charge in [-0.1, -0.05) is 0 Å². The lowest BCUT2D eigenvalue weighted by molar-refractivity contribution is -0.134. The van der Waals surface area contributed by atoms with E-state index in [1.165, 1.54) is 0 Å². The van der Waals surface area contributed by atoms with E-state index in [2.05, 4.69) is 30.7 Å². The van der Waals surface area contributed by atoms with Crippen LogP contribution >= 0.6 is 22.9 Å². The second-order valence-corrected chi connectivity index (χ2v) is 4.90. The number of hydrogen-bond donors (Lipinski definition) is 0. The standard InChI is InChI=1S/C8H12FIN2O2/c1-5-4-11(2-3-12(5)10)8(13)6-7(9)14-6/h5-7H,2-4H2,1H3/t5-,6?,7?/m0/s1. The quantitative estimate of drug-likeness (QED) is 0.403. The van der Waals surface area contributed by atoms with Crippen LogP contribution in [-0.4, -0.2) is 52.1 Å². The molecule has 4 nitrogen and oxygen atoms in total. The fourth-order valence-corrected chi connectivity index (χ4v) is 1.97. The number of hydrogen-bond acceptors (Lipinski definition) is 3. The highest BCUT2D eigenvalue weighted by Gasteiger charge is 2.48. The molecule has 0 N–H and O–H groups in total. The van der Waals surface area contributed by atoms with Crippen LogP contribution in [-0.2, 0) is 9.53 Å². The van der Waals surface area contributed by atoms with Gasteiger partial charge in [-0.25, -0.2) is 7.50 Å². The zero-order valence-corrected chi connectivity index (χ0v) is 9.98. The van der Waals surface area contributed by atoms with Gasteiger partial charge >= 0.3 is 0 Å². The van der Waals surface area contributed by atoms with Gasteiger partial charge in [0, 0.05) is 48.5 Å². The minimum absolute atomic E-state index is 0.200. The van der Waals surface area contributed by atoms with Crippen LogP contribution in [0.25, 0.3) is 0 Å². The van der Waals surface area contributed by atoms with Gasteiger partial charge in [-0.3, -0.25) is 4.79 Å². The number of halogens is 2. The van der Waals surface area contributed by atoms with E-state index in [1.54, 1.807) is 4.90 Å². The summed E-state index contributed by atoms with van der Waals surface area (Å²) < 4.78 is 19.1. The van der Waals surface area contributed by atoms with Crippen LogP contribution in [0.3, 0.4) is 0 Å². The predicted molar refractivity (Wildman–Crippen MR) is 56.5 cm³/mol. The van der Waals surface area contributed by atoms with Crippen molar-refractivity contribution >= 4 is 28.8 Å². The van der Waals surface area contributed by atoms with Crippen LogP contribution in [0, 0.1) is 0 Å². The van der Waals surface area contributed by atoms with Crippen LogP contribution in [0.2, 0.25) is 0 Å². The lowest BCUT2D eigenvalue weighted by Gasteiger charge is -2.35. The molecule has 2 aliphatic rings. The molecule has 3 atom stereocenters. The number of epoxide rings is 1. The van der Waals surface area contributed by atoms with E-state index in [9.17, 15) is 9.18 Å². The maximum Gasteiger partial charge on any atom is 0.257 e. The van der Waals surface area contributed by atoms with Gasteiger partial charge < -0.3 is 9.64 Å². The molecule has 2 rings (SSSR count). The smallest absolute Gasteiger partial charge is 0.257 e. The summed E-state index contributed by atoms with van der Waals surface area (Å²) in [5.41, 5.74) is 0. The minimum atomic E-state index is -1.37. The number of carbonyl (C=O) groups is 1. The van der Waals surface area contributed by atoms with Gasteiger partial charge in [0.05, 0.1) is 0 Å². The van der Waals surface area contributed by atoms with Crippen LogP contribution in [0.1, 0.15) is 6.92 Å². The fraction of sp³-hybridized carbons (Fsp3) is 0.875. The molecule has 14 heavy (non-hydrogen) atoms. The molecule has 0 saturated carbocycles. The van der Waals surface area contributed by atoms with Gasteiger partial charge in [0.1, 0.15) is 0 Å². The molecular formula is C8H12FIN2O2. The molecule has 2 heterocycles. The van der Waals surface area contributed by atoms with Crippen molar-refractivity contribution in [3.05, 3.63) is 0 Å². The van der Waals surface area contributed by atoms with Crippen LogP contribution in [0.5, 0.6) is 0 Å². The summed E-state index contributed by atoms with van der Waals surface area (Å²) in [5, 5.41) is 0. The van der Waals surface area contributed by atoms with Crippen molar-refractivity contribution in [2.75, 3.05) is 19.6 Å². The van der Waals surface area contributed by atoms with Crippen molar-refractivity contribution in [2.45, 2.75) is 25.4 Å². The minimum Gasteiger partial charge on any atom is -0.337 e. The highest BCUT2D eigenvalue weighted by Crippen LogP contribution is 2.26.